The van der Waals surface area contributed by atoms with Crippen LogP contribution in [0.25, 0.3) is 22.5 Å². The molecule has 1 aromatic heterocycles. The number of nitrogens with two attached hydrogens (primary N) is 1. The molecule has 2 amide bonds. The third-order valence-corrected chi connectivity index (χ3v) is 9.27. The van der Waals surface area contributed by atoms with Crippen molar-refractivity contribution in [3.05, 3.63) is 83.9 Å². The van der Waals surface area contributed by atoms with Gasteiger partial charge in [-0.3, -0.25) is 14.5 Å². The quantitative estimate of drug-likeness (QED) is 0.171. The Morgan fingerprint density at radius 2 is 1.63 bits per heavy atom. The van der Waals surface area contributed by atoms with Gasteiger partial charge in [-0.15, -0.1) is 10.2 Å². The highest BCUT2D eigenvalue weighted by Gasteiger charge is 2.29. The molecular weight excluding hydrogens is 578 g/mol. The average Bonchev–Trinajstić information content (AvgIpc) is 3.65. The third kappa shape index (κ3) is 8.03. The van der Waals surface area contributed by atoms with Gasteiger partial charge in [-0.25, -0.2) is 0 Å². The highest BCUT2D eigenvalue weighted by molar-refractivity contribution is 5.97. The van der Waals surface area contributed by atoms with Crippen LogP contribution in [0.4, 0.5) is 5.69 Å². The molecule has 0 bridgehead atoms. The first-order chi connectivity index (χ1) is 22.6. The molecule has 1 aliphatic heterocycles. The molecule has 2 fully saturated rings. The van der Waals surface area contributed by atoms with E-state index in [1.807, 2.05) is 12.1 Å². The zero-order valence-electron chi connectivity index (χ0n) is 26.1. The van der Waals surface area contributed by atoms with Gasteiger partial charge < -0.3 is 21.7 Å². The Morgan fingerprint density at radius 3 is 2.33 bits per heavy atom. The Morgan fingerprint density at radius 1 is 0.913 bits per heavy atom. The molecule has 11 nitrogen and oxygen atoms in total. The molecule has 3 aromatic carbocycles. The lowest BCUT2D eigenvalue weighted by Gasteiger charge is -2.28. The van der Waals surface area contributed by atoms with Crippen molar-refractivity contribution < 1.29 is 9.59 Å². The van der Waals surface area contributed by atoms with Gasteiger partial charge in [-0.2, -0.15) is 5.21 Å². The van der Waals surface area contributed by atoms with E-state index in [0.29, 0.717) is 30.4 Å². The summed E-state index contributed by atoms with van der Waals surface area (Å²) in [6.45, 7) is 5.68. The van der Waals surface area contributed by atoms with Crippen LogP contribution in [0.1, 0.15) is 36.8 Å². The number of carbonyl (C=O) groups is 2. The molecule has 11 heteroatoms. The van der Waals surface area contributed by atoms with Crippen molar-refractivity contribution in [1.82, 2.24) is 36.2 Å². The van der Waals surface area contributed by atoms with E-state index in [4.69, 9.17) is 5.73 Å². The van der Waals surface area contributed by atoms with Crippen molar-refractivity contribution in [3.63, 3.8) is 0 Å². The molecule has 1 aliphatic carbocycles. The maximum atomic E-state index is 13.7. The number of benzene rings is 3. The van der Waals surface area contributed by atoms with Crippen molar-refractivity contribution in [3.8, 4) is 22.5 Å². The fraction of sp³-hybridized carbons (Fsp3) is 0.400. The zero-order valence-corrected chi connectivity index (χ0v) is 26.1. The van der Waals surface area contributed by atoms with Crippen molar-refractivity contribution in [2.24, 2.45) is 17.6 Å². The number of amides is 2. The predicted molar refractivity (Wildman–Crippen MR) is 178 cm³/mol. The second-order valence-corrected chi connectivity index (χ2v) is 12.4. The summed E-state index contributed by atoms with van der Waals surface area (Å²) in [7, 11) is 0. The van der Waals surface area contributed by atoms with E-state index in [2.05, 4.69) is 90.0 Å². The van der Waals surface area contributed by atoms with Gasteiger partial charge in [0.05, 0.1) is 0 Å². The van der Waals surface area contributed by atoms with E-state index in [1.165, 1.54) is 11.1 Å². The van der Waals surface area contributed by atoms with Crippen LogP contribution < -0.4 is 21.7 Å². The van der Waals surface area contributed by atoms with Crippen LogP contribution >= 0.6 is 0 Å². The Balaban J connectivity index is 1.16. The number of tetrazole rings is 1. The van der Waals surface area contributed by atoms with Crippen molar-refractivity contribution >= 4 is 17.5 Å². The van der Waals surface area contributed by atoms with Crippen LogP contribution in [-0.4, -0.2) is 76.1 Å². The average molecular weight is 622 g/mol. The maximum absolute atomic E-state index is 13.7. The topological polar surface area (TPSA) is 154 Å². The predicted octanol–water partition coefficient (Wildman–Crippen LogP) is 3.37. The summed E-state index contributed by atoms with van der Waals surface area (Å²) in [6, 6.07) is 23.4. The number of H-pyrrole nitrogens is 1. The minimum absolute atomic E-state index is 0.0680. The molecule has 240 valence electrons. The summed E-state index contributed by atoms with van der Waals surface area (Å²) >= 11 is 0. The first kappa shape index (κ1) is 31.5. The van der Waals surface area contributed by atoms with E-state index < -0.39 is 6.04 Å². The summed E-state index contributed by atoms with van der Waals surface area (Å²) in [5.74, 6) is 0.506. The van der Waals surface area contributed by atoms with Crippen LogP contribution in [0, 0.1) is 11.8 Å². The van der Waals surface area contributed by atoms with Crippen LogP contribution in [0.5, 0.6) is 0 Å². The number of rotatable bonds is 11. The summed E-state index contributed by atoms with van der Waals surface area (Å²) < 4.78 is 0. The Kier molecular flexibility index (Phi) is 10.4. The number of nitrogens with one attached hydrogen (secondary N) is 4. The van der Waals surface area contributed by atoms with Gasteiger partial charge >= 0.3 is 0 Å². The lowest BCUT2D eigenvalue weighted by molar-refractivity contribution is -0.130. The van der Waals surface area contributed by atoms with Crippen molar-refractivity contribution in [1.29, 1.82) is 0 Å². The van der Waals surface area contributed by atoms with E-state index in [9.17, 15) is 9.59 Å². The Labute approximate surface area is 269 Å². The van der Waals surface area contributed by atoms with Gasteiger partial charge in [0.25, 0.3) is 0 Å². The molecule has 46 heavy (non-hydrogen) atoms. The molecule has 0 radical (unpaired) electrons. The number of aromatic amines is 1. The lowest BCUT2D eigenvalue weighted by atomic mass is 9.81. The Hall–Kier alpha value is -4.45. The standard InChI is InChI=1S/C35H43N9O2/c36-22-25-7-11-28(12-8-25)34(45)39-32(35(46)38-30-15-13-27(14-16-30)33-40-42-43-41-33)21-24-5-9-26(10-6-24)31-4-2-1-3-29(31)23-44-19-17-37-18-20-44/h1-6,9-10,13-16,25,28,32,37H,7-8,11-12,17-23,36H2,(H,38,46)(H,39,45)(H,40,41,42,43)/t25?,28?,32-/m0/s1. The summed E-state index contributed by atoms with van der Waals surface area (Å²) in [5, 5.41) is 23.6. The summed E-state index contributed by atoms with van der Waals surface area (Å²) in [6.07, 6.45) is 3.84. The van der Waals surface area contributed by atoms with Crippen LogP contribution in [0.15, 0.2) is 72.8 Å². The van der Waals surface area contributed by atoms with Gasteiger partial charge in [0.15, 0.2) is 0 Å². The smallest absolute Gasteiger partial charge is 0.247 e. The molecule has 6 rings (SSSR count). The number of anilines is 1. The minimum atomic E-state index is -0.734. The highest BCUT2D eigenvalue weighted by Crippen LogP contribution is 2.29. The largest absolute Gasteiger partial charge is 0.344 e. The second-order valence-electron chi connectivity index (χ2n) is 12.4. The zero-order chi connectivity index (χ0) is 31.7. The Bertz CT molecular complexity index is 1560. The van der Waals surface area contributed by atoms with Gasteiger partial charge in [-0.1, -0.05) is 48.5 Å². The minimum Gasteiger partial charge on any atom is -0.344 e. The van der Waals surface area contributed by atoms with Crippen LogP contribution in [0.2, 0.25) is 0 Å². The van der Waals surface area contributed by atoms with Crippen LogP contribution in [-0.2, 0) is 22.6 Å². The van der Waals surface area contributed by atoms with Crippen molar-refractivity contribution in [2.75, 3.05) is 38.0 Å². The molecule has 2 aliphatic rings. The first-order valence-electron chi connectivity index (χ1n) is 16.3. The molecule has 1 atom stereocenters. The van der Waals surface area contributed by atoms with E-state index in [-0.39, 0.29) is 17.7 Å². The van der Waals surface area contributed by atoms with Gasteiger partial charge in [0, 0.05) is 56.3 Å². The molecule has 0 spiro atoms. The van der Waals surface area contributed by atoms with E-state index in [0.717, 1.165) is 75.1 Å². The molecular formula is C35H43N9O2. The highest BCUT2D eigenvalue weighted by atomic mass is 16.2. The number of carbonyl (C=O) groups excluding carboxylic acids is 2. The normalized spacial score (nSPS) is 19.3. The number of hydrogen-bond donors (Lipinski definition) is 5. The number of piperazine rings is 1. The SMILES string of the molecule is NCC1CCC(C(=O)N[C@@H](Cc2ccc(-c3ccccc3CN3CCNCC3)cc2)C(=O)Nc2ccc(-c3nn[nH]n3)cc2)CC1. The van der Waals surface area contributed by atoms with E-state index in [1.54, 1.807) is 12.1 Å². The van der Waals surface area contributed by atoms with Gasteiger partial charge in [0.2, 0.25) is 17.6 Å². The summed E-state index contributed by atoms with van der Waals surface area (Å²) in [4.78, 5) is 29.6. The van der Waals surface area contributed by atoms with E-state index >= 15 is 0 Å². The fourth-order valence-corrected chi connectivity index (χ4v) is 6.48. The summed E-state index contributed by atoms with van der Waals surface area (Å²) in [5.41, 5.74) is 11.9. The monoisotopic (exact) mass is 621 g/mol. The maximum Gasteiger partial charge on any atom is 0.247 e. The molecule has 4 aromatic rings. The molecule has 1 saturated heterocycles. The number of nitrogens with zero attached hydrogens (tertiary/aromatic N) is 4. The van der Waals surface area contributed by atoms with Gasteiger partial charge in [0.1, 0.15) is 6.04 Å². The lowest BCUT2D eigenvalue weighted by Crippen LogP contribution is -2.48. The van der Waals surface area contributed by atoms with Crippen LogP contribution in [0.3, 0.4) is 0 Å². The fourth-order valence-electron chi connectivity index (χ4n) is 6.48. The number of hydrogen-bond acceptors (Lipinski definition) is 8. The van der Waals surface area contributed by atoms with Gasteiger partial charge in [-0.05, 0) is 89.9 Å². The third-order valence-electron chi connectivity index (χ3n) is 9.27. The molecule has 1 saturated carbocycles. The number of aromatic nitrogens is 4. The second kappa shape index (κ2) is 15.2. The molecule has 6 N–H and O–H groups in total. The first-order valence-corrected chi connectivity index (χ1v) is 16.3. The van der Waals surface area contributed by atoms with Crippen molar-refractivity contribution in [2.45, 2.75) is 44.7 Å². The molecule has 0 unspecified atom stereocenters. The molecule has 2 heterocycles.